The Morgan fingerprint density at radius 2 is 1.74 bits per heavy atom. The Labute approximate surface area is 225 Å². The Kier molecular flexibility index (Phi) is 6.48. The standard InChI is InChI=1S/C28H30F2N6O3/c1-27(2)15-35(18-6-7-19(29)20(30)12-18)25-24(27)33-21(14-32-25)26(39)36-10-9-34(16-28(36,3)4)22-8-5-17(13-31-22)11-23(37)38/h5-8,12-14H,9-11,15-16H2,1-4H3,(H,37,38). The van der Waals surface area contributed by atoms with E-state index in [0.29, 0.717) is 48.9 Å². The lowest BCUT2D eigenvalue weighted by Crippen LogP contribution is -2.61. The third kappa shape index (κ3) is 5.00. The molecule has 1 fully saturated rings. The van der Waals surface area contributed by atoms with Crippen LogP contribution in [-0.2, 0) is 16.6 Å². The van der Waals surface area contributed by atoms with Crippen LogP contribution in [-0.4, -0.2) is 68.6 Å². The highest BCUT2D eigenvalue weighted by Crippen LogP contribution is 2.42. The molecule has 0 radical (unpaired) electrons. The highest BCUT2D eigenvalue weighted by atomic mass is 19.2. The minimum absolute atomic E-state index is 0.0851. The molecule has 0 saturated carbocycles. The van der Waals surface area contributed by atoms with Gasteiger partial charge in [-0.2, -0.15) is 0 Å². The molecular weight excluding hydrogens is 506 g/mol. The van der Waals surface area contributed by atoms with Crippen molar-refractivity contribution in [1.82, 2.24) is 19.9 Å². The second-order valence-electron chi connectivity index (χ2n) is 11.3. The number of carbonyl (C=O) groups is 2. The number of pyridine rings is 1. The number of amides is 1. The number of rotatable bonds is 5. The number of anilines is 3. The third-order valence-electron chi connectivity index (χ3n) is 7.27. The molecule has 2 aliphatic heterocycles. The number of benzene rings is 1. The van der Waals surface area contributed by atoms with E-state index in [-0.39, 0.29) is 18.0 Å². The van der Waals surface area contributed by atoms with Crippen LogP contribution in [0.25, 0.3) is 0 Å². The molecule has 0 atom stereocenters. The van der Waals surface area contributed by atoms with Crippen molar-refractivity contribution in [3.8, 4) is 0 Å². The van der Waals surface area contributed by atoms with E-state index in [1.165, 1.54) is 12.3 Å². The van der Waals surface area contributed by atoms with Crippen LogP contribution in [0.4, 0.5) is 26.1 Å². The number of carboxylic acid groups (broad SMARTS) is 1. The van der Waals surface area contributed by atoms with Crippen LogP contribution in [0.5, 0.6) is 0 Å². The summed E-state index contributed by atoms with van der Waals surface area (Å²) >= 11 is 0. The molecule has 39 heavy (non-hydrogen) atoms. The predicted molar refractivity (Wildman–Crippen MR) is 141 cm³/mol. The summed E-state index contributed by atoms with van der Waals surface area (Å²) in [5, 5.41) is 8.98. The van der Waals surface area contributed by atoms with Crippen molar-refractivity contribution in [3.63, 3.8) is 0 Å². The Bertz CT molecular complexity index is 1440. The van der Waals surface area contributed by atoms with Gasteiger partial charge >= 0.3 is 5.97 Å². The first-order valence-electron chi connectivity index (χ1n) is 12.7. The van der Waals surface area contributed by atoms with Crippen molar-refractivity contribution < 1.29 is 23.5 Å². The number of hydrogen-bond donors (Lipinski definition) is 1. The largest absolute Gasteiger partial charge is 0.481 e. The molecule has 204 valence electrons. The van der Waals surface area contributed by atoms with Crippen LogP contribution >= 0.6 is 0 Å². The van der Waals surface area contributed by atoms with Crippen molar-refractivity contribution in [3.05, 3.63) is 71.3 Å². The molecule has 0 spiro atoms. The molecule has 11 heteroatoms. The monoisotopic (exact) mass is 536 g/mol. The molecule has 0 bridgehead atoms. The van der Waals surface area contributed by atoms with E-state index >= 15 is 0 Å². The van der Waals surface area contributed by atoms with Crippen molar-refractivity contribution in [1.29, 1.82) is 0 Å². The Morgan fingerprint density at radius 3 is 2.38 bits per heavy atom. The average molecular weight is 537 g/mol. The summed E-state index contributed by atoms with van der Waals surface area (Å²) in [6.45, 7) is 9.88. The second kappa shape index (κ2) is 9.55. The van der Waals surface area contributed by atoms with Crippen LogP contribution in [0.15, 0.2) is 42.7 Å². The van der Waals surface area contributed by atoms with Crippen LogP contribution in [0.2, 0.25) is 0 Å². The quantitative estimate of drug-likeness (QED) is 0.523. The van der Waals surface area contributed by atoms with Gasteiger partial charge in [-0.25, -0.2) is 23.7 Å². The lowest BCUT2D eigenvalue weighted by atomic mass is 9.92. The summed E-state index contributed by atoms with van der Waals surface area (Å²) in [5.74, 6) is -1.76. The fourth-order valence-electron chi connectivity index (χ4n) is 5.30. The van der Waals surface area contributed by atoms with Crippen LogP contribution in [0.1, 0.15) is 49.4 Å². The van der Waals surface area contributed by atoms with E-state index in [1.807, 2.05) is 27.7 Å². The molecule has 0 aliphatic carbocycles. The Morgan fingerprint density at radius 1 is 0.974 bits per heavy atom. The van der Waals surface area contributed by atoms with Gasteiger partial charge in [0.2, 0.25) is 0 Å². The fraction of sp³-hybridized carbons (Fsp3) is 0.393. The number of hydrogen-bond acceptors (Lipinski definition) is 7. The van der Waals surface area contributed by atoms with E-state index in [0.717, 1.165) is 18.0 Å². The number of piperazine rings is 1. The zero-order chi connectivity index (χ0) is 28.1. The number of carbonyl (C=O) groups excluding carboxylic acids is 1. The Hall–Kier alpha value is -4.15. The molecule has 1 saturated heterocycles. The number of fused-ring (bicyclic) bond motifs is 1. The Balaban J connectivity index is 1.36. The minimum atomic E-state index is -0.939. The van der Waals surface area contributed by atoms with E-state index in [2.05, 4.69) is 14.9 Å². The summed E-state index contributed by atoms with van der Waals surface area (Å²) < 4.78 is 27.4. The van der Waals surface area contributed by atoms with Crippen LogP contribution in [0.3, 0.4) is 0 Å². The van der Waals surface area contributed by atoms with Crippen molar-refractivity contribution >= 4 is 29.2 Å². The predicted octanol–water partition coefficient (Wildman–Crippen LogP) is 3.95. The number of aliphatic carboxylic acids is 1. The molecule has 2 aliphatic rings. The topological polar surface area (TPSA) is 103 Å². The molecule has 2 aromatic heterocycles. The summed E-state index contributed by atoms with van der Waals surface area (Å²) in [6.07, 6.45) is 2.93. The second-order valence-corrected chi connectivity index (χ2v) is 11.3. The first-order valence-corrected chi connectivity index (χ1v) is 12.7. The maximum Gasteiger partial charge on any atom is 0.307 e. The molecule has 4 heterocycles. The summed E-state index contributed by atoms with van der Waals surface area (Å²) in [6, 6.07) is 7.28. The summed E-state index contributed by atoms with van der Waals surface area (Å²) in [5.41, 5.74) is 0.921. The number of nitrogens with zero attached hydrogens (tertiary/aromatic N) is 6. The van der Waals surface area contributed by atoms with Gasteiger partial charge in [0.1, 0.15) is 11.5 Å². The number of halogens is 2. The van der Waals surface area contributed by atoms with E-state index in [9.17, 15) is 18.4 Å². The van der Waals surface area contributed by atoms with Gasteiger partial charge in [0.15, 0.2) is 17.5 Å². The van der Waals surface area contributed by atoms with Crippen molar-refractivity contribution in [2.45, 2.75) is 45.1 Å². The minimum Gasteiger partial charge on any atom is -0.481 e. The number of aromatic nitrogens is 3. The van der Waals surface area contributed by atoms with Gasteiger partial charge in [0, 0.05) is 49.5 Å². The van der Waals surface area contributed by atoms with E-state index in [4.69, 9.17) is 10.1 Å². The highest BCUT2D eigenvalue weighted by molar-refractivity contribution is 5.93. The van der Waals surface area contributed by atoms with Gasteiger partial charge in [-0.15, -0.1) is 0 Å². The number of carboxylic acids is 1. The van der Waals surface area contributed by atoms with Crippen LogP contribution < -0.4 is 9.80 Å². The van der Waals surface area contributed by atoms with E-state index < -0.39 is 28.6 Å². The molecular formula is C28H30F2N6O3. The smallest absolute Gasteiger partial charge is 0.307 e. The third-order valence-corrected chi connectivity index (χ3v) is 7.27. The summed E-state index contributed by atoms with van der Waals surface area (Å²) in [7, 11) is 0. The summed E-state index contributed by atoms with van der Waals surface area (Å²) in [4.78, 5) is 44.0. The van der Waals surface area contributed by atoms with Gasteiger partial charge in [-0.05, 0) is 37.6 Å². The normalized spacial score (nSPS) is 17.7. The van der Waals surface area contributed by atoms with Gasteiger partial charge in [0.25, 0.3) is 5.91 Å². The van der Waals surface area contributed by atoms with Gasteiger partial charge in [0.05, 0.1) is 23.9 Å². The molecule has 5 rings (SSSR count). The lowest BCUT2D eigenvalue weighted by molar-refractivity contribution is -0.136. The SMILES string of the molecule is CC1(C)CN(c2ccc(F)c(F)c2)c2ncc(C(=O)N3CCN(c4ccc(CC(=O)O)cn4)CC3(C)C)nc21. The van der Waals surface area contributed by atoms with Crippen molar-refractivity contribution in [2.24, 2.45) is 0 Å². The van der Waals surface area contributed by atoms with Gasteiger partial charge in [-0.1, -0.05) is 19.9 Å². The fourth-order valence-corrected chi connectivity index (χ4v) is 5.30. The molecule has 9 nitrogen and oxygen atoms in total. The average Bonchev–Trinajstić information content (AvgIpc) is 3.15. The highest BCUT2D eigenvalue weighted by Gasteiger charge is 2.42. The van der Waals surface area contributed by atoms with Gasteiger partial charge < -0.3 is 19.8 Å². The molecule has 1 aromatic carbocycles. The maximum absolute atomic E-state index is 13.9. The molecule has 1 N–H and O–H groups in total. The zero-order valence-corrected chi connectivity index (χ0v) is 22.3. The van der Waals surface area contributed by atoms with Crippen LogP contribution in [0, 0.1) is 11.6 Å². The molecule has 1 amide bonds. The zero-order valence-electron chi connectivity index (χ0n) is 22.3. The van der Waals surface area contributed by atoms with Crippen molar-refractivity contribution in [2.75, 3.05) is 36.0 Å². The lowest BCUT2D eigenvalue weighted by Gasteiger charge is -2.47. The maximum atomic E-state index is 13.9. The van der Waals surface area contributed by atoms with Gasteiger partial charge in [-0.3, -0.25) is 9.59 Å². The first kappa shape index (κ1) is 26.5. The molecule has 3 aromatic rings. The van der Waals surface area contributed by atoms with E-state index in [1.54, 1.807) is 28.1 Å². The first-order chi connectivity index (χ1) is 18.4. The molecule has 0 unspecified atom stereocenters.